The van der Waals surface area contributed by atoms with Crippen LogP contribution >= 0.6 is 0 Å². The number of ether oxygens (including phenoxy) is 7. The Kier molecular flexibility index (Phi) is 15.5. The summed E-state index contributed by atoms with van der Waals surface area (Å²) in [5.74, 6) is 0. The molecule has 0 saturated carbocycles. The van der Waals surface area contributed by atoms with Crippen LogP contribution in [0.15, 0.2) is 0 Å². The number of hydrogen-bond donors (Lipinski definition) is 1. The second-order valence-electron chi connectivity index (χ2n) is 7.69. The Morgan fingerprint density at radius 1 is 1.10 bits per heavy atom. The maximum absolute atomic E-state index is 10.8. The fourth-order valence-electron chi connectivity index (χ4n) is 3.63. The zero-order valence-electron chi connectivity index (χ0n) is 18.5. The van der Waals surface area contributed by atoms with Gasteiger partial charge in [-0.2, -0.15) is 0 Å². The molecule has 0 spiro atoms. The predicted octanol–water partition coefficient (Wildman–Crippen LogP) is -0.351. The Bertz CT molecular complexity index is 540. The maximum Gasteiger partial charge on any atom is 0.125 e. The molecule has 174 valence electrons. The summed E-state index contributed by atoms with van der Waals surface area (Å²) in [5.41, 5.74) is -0.899. The van der Waals surface area contributed by atoms with Gasteiger partial charge < -0.3 is 47.9 Å². The minimum Gasteiger partial charge on any atom is -0.649 e. The second-order valence-corrected chi connectivity index (χ2v) is 7.69. The minimum absolute atomic E-state index is 0. The number of hydrogen-bond acceptors (Lipinski definition) is 10. The molecule has 2 aliphatic heterocycles. The fourth-order valence-corrected chi connectivity index (χ4v) is 3.63. The molecule has 0 amide bonds. The van der Waals surface area contributed by atoms with Gasteiger partial charge >= 0.3 is 0 Å². The first-order valence-corrected chi connectivity index (χ1v) is 9.56. The number of rotatable bonds is 12. The number of methoxy groups -OCH3 is 1. The van der Waals surface area contributed by atoms with E-state index in [1.54, 1.807) is 20.8 Å². The van der Waals surface area contributed by atoms with Crippen LogP contribution in [0, 0.1) is 0 Å². The van der Waals surface area contributed by atoms with Crippen molar-refractivity contribution in [1.82, 2.24) is 0 Å². The SMILES string of the molecule is COC1C(OCC(C)O[C-]=O)C(OCC(C)O)C(C)OC1C1OCC1(C)O[C-]=O.[Y].[Y]. The van der Waals surface area contributed by atoms with Crippen molar-refractivity contribution in [1.29, 1.82) is 0 Å². The largest absolute Gasteiger partial charge is 0.649 e. The van der Waals surface area contributed by atoms with E-state index in [0.717, 1.165) is 0 Å². The molecule has 10 nitrogen and oxygen atoms in total. The van der Waals surface area contributed by atoms with Crippen molar-refractivity contribution in [3.8, 4) is 0 Å². The van der Waals surface area contributed by atoms with Crippen molar-refractivity contribution in [2.24, 2.45) is 0 Å². The van der Waals surface area contributed by atoms with E-state index in [-0.39, 0.29) is 85.2 Å². The van der Waals surface area contributed by atoms with Crippen LogP contribution in [0.25, 0.3) is 0 Å². The molecule has 0 aromatic heterocycles. The fraction of sp³-hybridized carbons (Fsp3) is 0.895. The first kappa shape index (κ1) is 31.9. The van der Waals surface area contributed by atoms with E-state index in [0.29, 0.717) is 0 Å². The van der Waals surface area contributed by atoms with Gasteiger partial charge in [-0.1, -0.05) is 12.9 Å². The first-order chi connectivity index (χ1) is 13.8. The molecule has 2 rings (SSSR count). The van der Waals surface area contributed by atoms with Gasteiger partial charge in [0.2, 0.25) is 0 Å². The zero-order valence-corrected chi connectivity index (χ0v) is 24.2. The third-order valence-electron chi connectivity index (χ3n) is 5.11. The van der Waals surface area contributed by atoms with Gasteiger partial charge in [0.05, 0.1) is 38.1 Å². The third kappa shape index (κ3) is 8.26. The van der Waals surface area contributed by atoms with Crippen molar-refractivity contribution in [3.63, 3.8) is 0 Å². The van der Waals surface area contributed by atoms with E-state index in [4.69, 9.17) is 33.2 Å². The summed E-state index contributed by atoms with van der Waals surface area (Å²) < 4.78 is 39.1. The Morgan fingerprint density at radius 3 is 2.23 bits per heavy atom. The van der Waals surface area contributed by atoms with Gasteiger partial charge in [0.25, 0.3) is 0 Å². The second kappa shape index (κ2) is 15.0. The molecular weight excluding hydrogens is 566 g/mol. The molecule has 9 unspecified atom stereocenters. The molecule has 1 N–H and O–H groups in total. The standard InChI is InChI=1S/C19H30O10.2Y/c1-11(22)6-24-14-13(3)29-17(18-19(4,8-26-18)28-10-21)15(23-5)16(14)25-7-12(2)27-9-20;;/h11-18,22H,6-8H2,1-5H3;;/q-2;;. The predicted molar refractivity (Wildman–Crippen MR) is 97.5 cm³/mol. The van der Waals surface area contributed by atoms with Crippen LogP contribution in [0.4, 0.5) is 0 Å². The van der Waals surface area contributed by atoms with Crippen molar-refractivity contribution in [2.45, 2.75) is 82.1 Å². The van der Waals surface area contributed by atoms with Crippen LogP contribution in [0.5, 0.6) is 0 Å². The van der Waals surface area contributed by atoms with Crippen LogP contribution in [0.3, 0.4) is 0 Å². The normalized spacial score (nSPS) is 36.6. The van der Waals surface area contributed by atoms with E-state index < -0.39 is 54.4 Å². The molecule has 0 aromatic rings. The summed E-state index contributed by atoms with van der Waals surface area (Å²) in [4.78, 5) is 21.2. The van der Waals surface area contributed by atoms with E-state index in [1.807, 2.05) is 6.92 Å². The zero-order chi connectivity index (χ0) is 21.6. The average Bonchev–Trinajstić information content (AvgIpc) is 2.65. The molecule has 2 radical (unpaired) electrons. The molecule has 31 heavy (non-hydrogen) atoms. The Morgan fingerprint density at radius 2 is 1.74 bits per heavy atom. The Labute approximate surface area is 233 Å². The molecule has 2 fully saturated rings. The molecule has 0 bridgehead atoms. The van der Waals surface area contributed by atoms with Crippen molar-refractivity contribution in [2.75, 3.05) is 26.9 Å². The van der Waals surface area contributed by atoms with Crippen LogP contribution in [0.2, 0.25) is 0 Å². The average molecular weight is 596 g/mol. The summed E-state index contributed by atoms with van der Waals surface area (Å²) in [5, 5.41) is 9.61. The van der Waals surface area contributed by atoms with Crippen LogP contribution < -0.4 is 0 Å². The quantitative estimate of drug-likeness (QED) is 0.300. The number of aliphatic hydroxyl groups excluding tert-OH is 1. The Hall–Kier alpha value is 0.908. The van der Waals surface area contributed by atoms with Gasteiger partial charge in [-0.3, -0.25) is 0 Å². The molecule has 2 heterocycles. The Balaban J connectivity index is 0.00000450. The topological polar surface area (TPSA) is 119 Å². The summed E-state index contributed by atoms with van der Waals surface area (Å²) in [7, 11) is 1.50. The van der Waals surface area contributed by atoms with E-state index >= 15 is 0 Å². The monoisotopic (exact) mass is 596 g/mol. The van der Waals surface area contributed by atoms with Crippen LogP contribution in [0.1, 0.15) is 27.7 Å². The van der Waals surface area contributed by atoms with Gasteiger partial charge in [0, 0.05) is 72.5 Å². The minimum atomic E-state index is -0.899. The molecule has 2 saturated heterocycles. The smallest absolute Gasteiger partial charge is 0.125 e. The van der Waals surface area contributed by atoms with Gasteiger partial charge in [-0.15, -0.1) is 0 Å². The number of carbonyl (C=O) groups excluding carboxylic acids is 2. The number of aliphatic hydroxyl groups is 1. The molecular formula is C19H30O10Y2-2. The van der Waals surface area contributed by atoms with Gasteiger partial charge in [0.15, 0.2) is 0 Å². The summed E-state index contributed by atoms with van der Waals surface area (Å²) in [6, 6.07) is 0. The molecule has 12 heteroatoms. The molecule has 0 aromatic carbocycles. The maximum atomic E-state index is 10.8. The first-order valence-electron chi connectivity index (χ1n) is 9.56. The molecule has 0 aliphatic carbocycles. The third-order valence-corrected chi connectivity index (χ3v) is 5.11. The molecule has 2 aliphatic rings. The van der Waals surface area contributed by atoms with Crippen molar-refractivity contribution >= 4 is 12.9 Å². The summed E-state index contributed by atoms with van der Waals surface area (Å²) in [6.45, 7) is 10.0. The van der Waals surface area contributed by atoms with Crippen LogP contribution in [-0.4, -0.2) is 99.4 Å². The van der Waals surface area contributed by atoms with E-state index in [9.17, 15) is 14.7 Å². The van der Waals surface area contributed by atoms with Gasteiger partial charge in [-0.05, 0) is 27.7 Å². The van der Waals surface area contributed by atoms with Crippen molar-refractivity contribution < 1.29 is 113 Å². The molecule has 9 atom stereocenters. The van der Waals surface area contributed by atoms with E-state index in [1.165, 1.54) is 20.1 Å². The van der Waals surface area contributed by atoms with Crippen LogP contribution in [-0.2, 0) is 108 Å². The summed E-state index contributed by atoms with van der Waals surface area (Å²) >= 11 is 0. The van der Waals surface area contributed by atoms with Crippen molar-refractivity contribution in [3.05, 3.63) is 0 Å². The summed E-state index contributed by atoms with van der Waals surface area (Å²) in [6.07, 6.45) is -4.69. The van der Waals surface area contributed by atoms with Gasteiger partial charge in [-0.25, -0.2) is 0 Å². The van der Waals surface area contributed by atoms with E-state index in [2.05, 4.69) is 0 Å². The van der Waals surface area contributed by atoms with Gasteiger partial charge in [0.1, 0.15) is 36.1 Å².